The predicted octanol–water partition coefficient (Wildman–Crippen LogP) is 3.38. The normalized spacial score (nSPS) is 19.6. The first-order valence-electron chi connectivity index (χ1n) is 10.4. The molecule has 0 unspecified atom stereocenters. The lowest BCUT2D eigenvalue weighted by atomic mass is 9.96. The maximum atomic E-state index is 13.5. The molecule has 0 N–H and O–H groups in total. The fourth-order valence-corrected chi connectivity index (χ4v) is 4.31. The molecule has 2 aromatic carbocycles. The summed E-state index contributed by atoms with van der Waals surface area (Å²) in [6, 6.07) is 15.7. The highest BCUT2D eigenvalue weighted by atomic mass is 16.5. The molecule has 0 bridgehead atoms. The molecule has 7 heteroatoms. The Labute approximate surface area is 180 Å². The maximum Gasteiger partial charge on any atom is 0.354 e. The summed E-state index contributed by atoms with van der Waals surface area (Å²) < 4.78 is 5.66. The summed E-state index contributed by atoms with van der Waals surface area (Å²) >= 11 is 0. The standard InChI is InChI=1S/C24H23N3O4/c1-2-3-14-26-22(29)19-6-4-5-7-20(19)27-21(28)12-13-24(26,27)23(30)31-16-18-10-8-17(15-25)9-11-18/h4-11H,2-3,12-14,16H2,1H3/t24-/m1/s1. The van der Waals surface area contributed by atoms with E-state index >= 15 is 0 Å². The van der Waals surface area contributed by atoms with Gasteiger partial charge in [-0.05, 0) is 36.2 Å². The van der Waals surface area contributed by atoms with Crippen LogP contribution in [0.25, 0.3) is 0 Å². The minimum absolute atomic E-state index is 0.00816. The Balaban J connectivity index is 1.70. The zero-order valence-corrected chi connectivity index (χ0v) is 17.3. The van der Waals surface area contributed by atoms with Gasteiger partial charge in [0.05, 0.1) is 22.9 Å². The summed E-state index contributed by atoms with van der Waals surface area (Å²) in [7, 11) is 0. The quantitative estimate of drug-likeness (QED) is 0.672. The molecular formula is C24H23N3O4. The van der Waals surface area contributed by atoms with Gasteiger partial charge in [-0.2, -0.15) is 5.26 Å². The van der Waals surface area contributed by atoms with E-state index < -0.39 is 11.6 Å². The second-order valence-electron chi connectivity index (χ2n) is 7.76. The molecule has 2 amide bonds. The summed E-state index contributed by atoms with van der Waals surface area (Å²) in [5.41, 5.74) is 0.649. The number of hydrogen-bond acceptors (Lipinski definition) is 5. The first-order valence-corrected chi connectivity index (χ1v) is 10.4. The van der Waals surface area contributed by atoms with Crippen LogP contribution in [-0.4, -0.2) is 34.9 Å². The average Bonchev–Trinajstić information content (AvgIpc) is 3.16. The van der Waals surface area contributed by atoms with E-state index in [2.05, 4.69) is 0 Å². The van der Waals surface area contributed by atoms with Gasteiger partial charge in [0, 0.05) is 19.4 Å². The summed E-state index contributed by atoms with van der Waals surface area (Å²) in [6.07, 6.45) is 1.91. The fraction of sp³-hybridized carbons (Fsp3) is 0.333. The molecule has 0 aromatic heterocycles. The molecule has 1 atom stereocenters. The predicted molar refractivity (Wildman–Crippen MR) is 113 cm³/mol. The van der Waals surface area contributed by atoms with Gasteiger partial charge in [0.2, 0.25) is 11.6 Å². The van der Waals surface area contributed by atoms with Gasteiger partial charge in [-0.15, -0.1) is 0 Å². The topological polar surface area (TPSA) is 90.7 Å². The molecule has 2 aliphatic rings. The van der Waals surface area contributed by atoms with Crippen molar-refractivity contribution in [1.82, 2.24) is 4.90 Å². The number of carbonyl (C=O) groups excluding carboxylic acids is 3. The van der Waals surface area contributed by atoms with Crippen LogP contribution in [0.2, 0.25) is 0 Å². The molecule has 158 valence electrons. The number of hydrogen-bond donors (Lipinski definition) is 0. The smallest absolute Gasteiger partial charge is 0.354 e. The molecule has 4 rings (SSSR count). The van der Waals surface area contributed by atoms with E-state index in [1.165, 1.54) is 9.80 Å². The molecule has 1 fully saturated rings. The Kier molecular flexibility index (Phi) is 5.47. The lowest BCUT2D eigenvalue weighted by Gasteiger charge is -2.48. The third-order valence-corrected chi connectivity index (χ3v) is 5.89. The minimum atomic E-state index is -1.47. The Morgan fingerprint density at radius 2 is 1.90 bits per heavy atom. The summed E-state index contributed by atoms with van der Waals surface area (Å²) in [5, 5.41) is 8.94. The second-order valence-corrected chi connectivity index (χ2v) is 7.76. The largest absolute Gasteiger partial charge is 0.458 e. The Morgan fingerprint density at radius 3 is 2.61 bits per heavy atom. The van der Waals surface area contributed by atoms with Crippen molar-refractivity contribution < 1.29 is 19.1 Å². The van der Waals surface area contributed by atoms with Crippen LogP contribution in [0.3, 0.4) is 0 Å². The number of nitriles is 1. The van der Waals surface area contributed by atoms with Gasteiger partial charge in [0.15, 0.2) is 0 Å². The van der Waals surface area contributed by atoms with Crippen molar-refractivity contribution in [2.45, 2.75) is 44.9 Å². The Morgan fingerprint density at radius 1 is 1.16 bits per heavy atom. The number of rotatable bonds is 6. The number of esters is 1. The van der Waals surface area contributed by atoms with Crippen LogP contribution in [0.15, 0.2) is 48.5 Å². The van der Waals surface area contributed by atoms with E-state index in [0.717, 1.165) is 12.0 Å². The summed E-state index contributed by atoms with van der Waals surface area (Å²) in [6.45, 7) is 2.36. The zero-order chi connectivity index (χ0) is 22.0. The Hall–Kier alpha value is -3.66. The van der Waals surface area contributed by atoms with Crippen molar-refractivity contribution in [3.05, 3.63) is 65.2 Å². The van der Waals surface area contributed by atoms with E-state index in [9.17, 15) is 14.4 Å². The highest BCUT2D eigenvalue weighted by molar-refractivity contribution is 6.15. The highest BCUT2D eigenvalue weighted by Crippen LogP contribution is 2.45. The maximum absolute atomic E-state index is 13.5. The third kappa shape index (κ3) is 3.34. The van der Waals surface area contributed by atoms with Crippen molar-refractivity contribution >= 4 is 23.5 Å². The van der Waals surface area contributed by atoms with E-state index in [-0.39, 0.29) is 31.3 Å². The van der Waals surface area contributed by atoms with Crippen LogP contribution in [0.4, 0.5) is 5.69 Å². The van der Waals surface area contributed by atoms with Gasteiger partial charge in [-0.1, -0.05) is 37.6 Å². The Bertz CT molecular complexity index is 1070. The number of anilines is 1. The minimum Gasteiger partial charge on any atom is -0.458 e. The summed E-state index contributed by atoms with van der Waals surface area (Å²) in [4.78, 5) is 42.8. The molecule has 0 spiro atoms. The van der Waals surface area contributed by atoms with E-state index in [4.69, 9.17) is 10.00 Å². The molecular weight excluding hydrogens is 394 g/mol. The first-order chi connectivity index (χ1) is 15.0. The van der Waals surface area contributed by atoms with Gasteiger partial charge in [0.1, 0.15) is 6.61 Å². The fourth-order valence-electron chi connectivity index (χ4n) is 4.31. The van der Waals surface area contributed by atoms with Crippen LogP contribution in [0.1, 0.15) is 54.1 Å². The molecule has 0 radical (unpaired) electrons. The van der Waals surface area contributed by atoms with Gasteiger partial charge in [0.25, 0.3) is 5.91 Å². The average molecular weight is 417 g/mol. The number of amides is 2. The molecule has 2 heterocycles. The molecule has 2 aliphatic heterocycles. The van der Waals surface area contributed by atoms with Crippen LogP contribution in [-0.2, 0) is 20.9 Å². The lowest BCUT2D eigenvalue weighted by molar-refractivity contribution is -0.158. The number of para-hydroxylation sites is 1. The number of unbranched alkanes of at least 4 members (excludes halogenated alkanes) is 1. The van der Waals surface area contributed by atoms with Crippen LogP contribution in [0.5, 0.6) is 0 Å². The SMILES string of the molecule is CCCCN1C(=O)c2ccccc2N2C(=O)CC[C@@]12C(=O)OCc1ccc(C#N)cc1. The first kappa shape index (κ1) is 20.6. The number of carbonyl (C=O) groups is 3. The third-order valence-electron chi connectivity index (χ3n) is 5.89. The van der Waals surface area contributed by atoms with Crippen molar-refractivity contribution in [3.63, 3.8) is 0 Å². The molecule has 0 saturated carbocycles. The van der Waals surface area contributed by atoms with Gasteiger partial charge in [-0.3, -0.25) is 14.5 Å². The molecule has 0 aliphatic carbocycles. The van der Waals surface area contributed by atoms with Gasteiger partial charge >= 0.3 is 5.97 Å². The van der Waals surface area contributed by atoms with Crippen LogP contribution in [0, 0.1) is 11.3 Å². The van der Waals surface area contributed by atoms with Crippen molar-refractivity contribution in [2.75, 3.05) is 11.4 Å². The van der Waals surface area contributed by atoms with E-state index in [1.54, 1.807) is 48.5 Å². The number of nitrogens with zero attached hydrogens (tertiary/aromatic N) is 3. The van der Waals surface area contributed by atoms with Gasteiger partial charge in [-0.25, -0.2) is 4.79 Å². The molecule has 1 saturated heterocycles. The highest BCUT2D eigenvalue weighted by Gasteiger charge is 2.61. The van der Waals surface area contributed by atoms with E-state index in [0.29, 0.717) is 29.8 Å². The molecule has 2 aromatic rings. The van der Waals surface area contributed by atoms with Crippen molar-refractivity contribution in [2.24, 2.45) is 0 Å². The zero-order valence-electron chi connectivity index (χ0n) is 17.3. The summed E-state index contributed by atoms with van der Waals surface area (Å²) in [5.74, 6) is -1.07. The van der Waals surface area contributed by atoms with Crippen molar-refractivity contribution in [3.8, 4) is 6.07 Å². The molecule has 7 nitrogen and oxygen atoms in total. The molecule has 31 heavy (non-hydrogen) atoms. The second kappa shape index (κ2) is 8.23. The van der Waals surface area contributed by atoms with E-state index in [1.807, 2.05) is 13.0 Å². The van der Waals surface area contributed by atoms with Crippen molar-refractivity contribution in [1.29, 1.82) is 5.26 Å². The number of fused-ring (bicyclic) bond motifs is 3. The lowest BCUT2D eigenvalue weighted by Crippen LogP contribution is -2.68. The number of ether oxygens (including phenoxy) is 1. The van der Waals surface area contributed by atoms with Crippen LogP contribution < -0.4 is 4.90 Å². The number of benzene rings is 2. The monoisotopic (exact) mass is 417 g/mol. The van der Waals surface area contributed by atoms with Gasteiger partial charge < -0.3 is 9.64 Å². The van der Waals surface area contributed by atoms with Crippen LogP contribution >= 0.6 is 0 Å².